The molecule has 25 heteroatoms. The number of carbonyl (C=O) groups excluding carboxylic acids is 6. The van der Waals surface area contributed by atoms with E-state index in [2.05, 4.69) is 0 Å². The van der Waals surface area contributed by atoms with E-state index in [0.717, 1.165) is 0 Å². The zero-order chi connectivity index (χ0) is 32.6. The summed E-state index contributed by atoms with van der Waals surface area (Å²) in [4.78, 5) is 59.3. The van der Waals surface area contributed by atoms with E-state index >= 15 is 0 Å². The maximum Gasteiger partial charge on any atom is 0.450 e. The maximum atomic E-state index is 11.3. The van der Waals surface area contributed by atoms with Gasteiger partial charge in [0.2, 0.25) is 34.7 Å². The first-order chi connectivity index (χ1) is 16.6. The van der Waals surface area contributed by atoms with Crippen molar-refractivity contribution in [3.05, 3.63) is 0 Å². The van der Waals surface area contributed by atoms with Gasteiger partial charge in [-0.3, -0.25) is 28.8 Å². The maximum absolute atomic E-state index is 11.3. The minimum absolute atomic E-state index is 0. The predicted molar refractivity (Wildman–Crippen MR) is 80.2 cm³/mol. The number of ketones is 6. The van der Waals surface area contributed by atoms with Gasteiger partial charge < -0.3 is 0 Å². The van der Waals surface area contributed by atoms with E-state index < -0.39 is 91.0 Å². The van der Waals surface area contributed by atoms with E-state index in [-0.39, 0.29) is 17.4 Å². The monoisotopic (exact) mass is 676 g/mol. The summed E-state index contributed by atoms with van der Waals surface area (Å²) in [5.74, 6) is -16.2. The molecule has 0 fully saturated rings. The normalized spacial score (nSPS) is 12.4. The van der Waals surface area contributed by atoms with Crippen LogP contribution in [0.3, 0.4) is 0 Å². The molecular formula is C15H6CrF18O6. The number of hydrogen-bond acceptors (Lipinski definition) is 6. The number of halogens is 18. The van der Waals surface area contributed by atoms with Gasteiger partial charge in [-0.25, -0.2) is 0 Å². The molecule has 0 rings (SSSR count). The molecule has 0 aliphatic heterocycles. The third-order valence-corrected chi connectivity index (χ3v) is 2.86. The van der Waals surface area contributed by atoms with Gasteiger partial charge in [0.1, 0.15) is 0 Å². The van der Waals surface area contributed by atoms with Crippen LogP contribution in [0.4, 0.5) is 79.0 Å². The van der Waals surface area contributed by atoms with Crippen molar-refractivity contribution in [2.24, 2.45) is 0 Å². The van der Waals surface area contributed by atoms with Crippen molar-refractivity contribution in [2.45, 2.75) is 56.3 Å². The Morgan fingerprint density at radius 3 is 0.400 bits per heavy atom. The van der Waals surface area contributed by atoms with E-state index in [4.69, 9.17) is 0 Å². The van der Waals surface area contributed by atoms with E-state index in [9.17, 15) is 108 Å². The fraction of sp³-hybridized carbons (Fsp3) is 0.600. The first-order valence-corrected chi connectivity index (χ1v) is 8.25. The fourth-order valence-corrected chi connectivity index (χ4v) is 1.04. The molecule has 0 radical (unpaired) electrons. The number of Topliss-reactive ketones (excluding diaryl/α,β-unsaturated/α-hetero) is 6. The quantitative estimate of drug-likeness (QED) is 0.293. The molecule has 0 aromatic heterocycles. The second-order valence-corrected chi connectivity index (χ2v) is 6.06. The van der Waals surface area contributed by atoms with Crippen molar-refractivity contribution in [2.75, 3.05) is 0 Å². The Morgan fingerprint density at radius 1 is 0.275 bits per heavy atom. The van der Waals surface area contributed by atoms with Crippen molar-refractivity contribution in [1.29, 1.82) is 0 Å². The zero-order valence-corrected chi connectivity index (χ0v) is 19.1. The summed E-state index contributed by atoms with van der Waals surface area (Å²) in [6.07, 6.45) is -39.0. The van der Waals surface area contributed by atoms with Crippen LogP contribution >= 0.6 is 0 Å². The van der Waals surface area contributed by atoms with Gasteiger partial charge in [0.25, 0.3) is 0 Å². The largest absolute Gasteiger partial charge is 0.450 e. The van der Waals surface area contributed by atoms with Crippen LogP contribution in [0.15, 0.2) is 0 Å². The average molecular weight is 676 g/mol. The van der Waals surface area contributed by atoms with Gasteiger partial charge in [-0.05, 0) is 0 Å². The van der Waals surface area contributed by atoms with Gasteiger partial charge in [-0.1, -0.05) is 0 Å². The van der Waals surface area contributed by atoms with Crippen LogP contribution in [0.5, 0.6) is 0 Å². The molecule has 0 spiro atoms. The average Bonchev–Trinajstić information content (AvgIpc) is 2.64. The Balaban J connectivity index is -0.000000240. The summed E-state index contributed by atoms with van der Waals surface area (Å²) in [6.45, 7) is 0. The molecule has 234 valence electrons. The third kappa shape index (κ3) is 20.2. The van der Waals surface area contributed by atoms with Gasteiger partial charge in [0, 0.05) is 17.4 Å². The van der Waals surface area contributed by atoms with Crippen LogP contribution in [0.2, 0.25) is 0 Å². The van der Waals surface area contributed by atoms with E-state index in [0.29, 0.717) is 0 Å². The molecule has 0 unspecified atom stereocenters. The number of rotatable bonds is 6. The van der Waals surface area contributed by atoms with E-state index in [1.54, 1.807) is 0 Å². The molecule has 6 nitrogen and oxygen atoms in total. The minimum Gasteiger partial charge on any atom is -0.289 e. The molecule has 0 saturated heterocycles. The predicted octanol–water partition coefficient (Wildman–Crippen LogP) is 4.92. The topological polar surface area (TPSA) is 102 Å². The summed E-state index contributed by atoms with van der Waals surface area (Å²) in [6, 6.07) is 0. The number of carbonyl (C=O) groups is 6. The Hall–Kier alpha value is -2.71. The first kappa shape index (κ1) is 44.3. The number of alkyl halides is 18. The summed E-state index contributed by atoms with van der Waals surface area (Å²) in [5, 5.41) is 0. The molecule has 0 bridgehead atoms. The Labute approximate surface area is 217 Å². The van der Waals surface area contributed by atoms with Crippen LogP contribution in [-0.2, 0) is 46.1 Å². The third-order valence-electron chi connectivity index (χ3n) is 2.86. The standard InChI is InChI=1S/3C5H2F6O2.Cr/c3*6-4(7,8)2(12)1-3(13)5(9,10)11;/h3*1H2;. The Kier molecular flexibility index (Phi) is 17.0. The van der Waals surface area contributed by atoms with Crippen molar-refractivity contribution in [3.63, 3.8) is 0 Å². The minimum atomic E-state index is -5.40. The second-order valence-electron chi connectivity index (χ2n) is 6.06. The molecule has 0 aliphatic rings. The summed E-state index contributed by atoms with van der Waals surface area (Å²) in [5.41, 5.74) is 0. The van der Waals surface area contributed by atoms with E-state index in [1.807, 2.05) is 0 Å². The van der Waals surface area contributed by atoms with Crippen molar-refractivity contribution in [1.82, 2.24) is 0 Å². The molecule has 0 aromatic carbocycles. The summed E-state index contributed by atoms with van der Waals surface area (Å²) < 4.78 is 204. The van der Waals surface area contributed by atoms with Gasteiger partial charge in [0.15, 0.2) is 0 Å². The van der Waals surface area contributed by atoms with Crippen molar-refractivity contribution >= 4 is 34.7 Å². The molecule has 40 heavy (non-hydrogen) atoms. The number of hydrogen-bond donors (Lipinski definition) is 0. The fourth-order valence-electron chi connectivity index (χ4n) is 1.04. The van der Waals surface area contributed by atoms with Crippen LogP contribution in [0.25, 0.3) is 0 Å². The molecule has 0 heterocycles. The van der Waals surface area contributed by atoms with Crippen LogP contribution < -0.4 is 0 Å². The van der Waals surface area contributed by atoms with Crippen LogP contribution in [-0.4, -0.2) is 71.8 Å². The summed E-state index contributed by atoms with van der Waals surface area (Å²) >= 11 is 0. The Bertz CT molecular complexity index is 726. The van der Waals surface area contributed by atoms with Gasteiger partial charge in [0.05, 0.1) is 19.3 Å². The molecule has 0 N–H and O–H groups in total. The van der Waals surface area contributed by atoms with Crippen molar-refractivity contribution in [3.8, 4) is 0 Å². The second kappa shape index (κ2) is 15.3. The molecule has 0 atom stereocenters. The zero-order valence-electron chi connectivity index (χ0n) is 17.8. The van der Waals surface area contributed by atoms with Crippen molar-refractivity contribution < 1.29 is 125 Å². The van der Waals surface area contributed by atoms with Gasteiger partial charge in [-0.2, -0.15) is 79.0 Å². The molecule has 0 saturated carbocycles. The molecule has 0 aliphatic carbocycles. The van der Waals surface area contributed by atoms with Crippen LogP contribution in [0.1, 0.15) is 19.3 Å². The molecule has 0 aromatic rings. The summed E-state index contributed by atoms with van der Waals surface area (Å²) in [7, 11) is 0. The van der Waals surface area contributed by atoms with Crippen LogP contribution in [0, 0.1) is 0 Å². The molecular weight excluding hydrogens is 670 g/mol. The van der Waals surface area contributed by atoms with Gasteiger partial charge >= 0.3 is 37.1 Å². The molecule has 0 amide bonds. The SMILES string of the molecule is O=C(CC(=O)C(F)(F)F)C(F)(F)F.O=C(CC(=O)C(F)(F)F)C(F)(F)F.O=C(CC(=O)C(F)(F)F)C(F)(F)F.[Cr]. The van der Waals surface area contributed by atoms with E-state index in [1.165, 1.54) is 0 Å². The van der Waals surface area contributed by atoms with Gasteiger partial charge in [-0.15, -0.1) is 0 Å². The smallest absolute Gasteiger partial charge is 0.289 e. The first-order valence-electron chi connectivity index (χ1n) is 8.25. The Morgan fingerprint density at radius 2 is 0.350 bits per heavy atom.